The highest BCUT2D eigenvalue weighted by Crippen LogP contribution is 2.15. The predicted molar refractivity (Wildman–Crippen MR) is 59.0 cm³/mol. The van der Waals surface area contributed by atoms with Gasteiger partial charge in [-0.15, -0.1) is 0 Å². The molecular weight excluding hydrogens is 201 g/mol. The first-order valence-electron chi connectivity index (χ1n) is 4.56. The van der Waals surface area contributed by atoms with E-state index in [9.17, 15) is 4.39 Å². The van der Waals surface area contributed by atoms with Crippen molar-refractivity contribution in [3.63, 3.8) is 0 Å². The van der Waals surface area contributed by atoms with Crippen LogP contribution >= 0.6 is 11.6 Å². The number of hydrogen-bond acceptors (Lipinski definition) is 1. The van der Waals surface area contributed by atoms with E-state index >= 15 is 0 Å². The molecule has 0 saturated carbocycles. The monoisotopic (exact) mass is 213 g/mol. The van der Waals surface area contributed by atoms with E-state index in [0.717, 1.165) is 13.1 Å². The van der Waals surface area contributed by atoms with Gasteiger partial charge >= 0.3 is 0 Å². The van der Waals surface area contributed by atoms with E-state index in [1.54, 1.807) is 18.2 Å². The average molecular weight is 214 g/mol. The van der Waals surface area contributed by atoms with Gasteiger partial charge in [0.2, 0.25) is 0 Å². The normalized spacial score (nSPS) is 11.1. The van der Waals surface area contributed by atoms with Gasteiger partial charge in [-0.25, -0.2) is 4.39 Å². The molecule has 76 valence electrons. The Hall–Kier alpha value is -0.860. The molecule has 1 aromatic carbocycles. The maximum atomic E-state index is 13.2. The van der Waals surface area contributed by atoms with Crippen LogP contribution in [0.15, 0.2) is 24.3 Å². The summed E-state index contributed by atoms with van der Waals surface area (Å²) in [6.07, 6.45) is 3.63. The van der Waals surface area contributed by atoms with Crippen LogP contribution in [0.1, 0.15) is 12.5 Å². The molecular formula is C11H13ClFN. The van der Waals surface area contributed by atoms with Gasteiger partial charge in [0.25, 0.3) is 0 Å². The fourth-order valence-electron chi connectivity index (χ4n) is 1.05. The third-order valence-electron chi connectivity index (χ3n) is 1.77. The lowest BCUT2D eigenvalue weighted by Gasteiger charge is -1.97. The number of likely N-dealkylation sites (N-methyl/N-ethyl adjacent to an activating group) is 1. The Morgan fingerprint density at radius 1 is 1.50 bits per heavy atom. The van der Waals surface area contributed by atoms with Crippen LogP contribution in [0.4, 0.5) is 4.39 Å². The fraction of sp³-hybridized carbons (Fsp3) is 0.273. The molecule has 1 N–H and O–H groups in total. The van der Waals surface area contributed by atoms with E-state index in [1.807, 2.05) is 13.0 Å². The lowest BCUT2D eigenvalue weighted by atomic mass is 10.2. The standard InChI is InChI=1S/C11H13ClFN/c1-2-14-7-3-4-9-5-6-10(12)8-11(9)13/h3-6,8,14H,2,7H2,1H3/b4-3+. The van der Waals surface area contributed by atoms with Gasteiger partial charge in [0.1, 0.15) is 5.82 Å². The summed E-state index contributed by atoms with van der Waals surface area (Å²) in [5.74, 6) is -0.287. The fourth-order valence-corrected chi connectivity index (χ4v) is 1.21. The van der Waals surface area contributed by atoms with E-state index in [4.69, 9.17) is 11.6 Å². The number of nitrogens with one attached hydrogen (secondary N) is 1. The zero-order chi connectivity index (χ0) is 10.4. The Morgan fingerprint density at radius 3 is 2.93 bits per heavy atom. The molecule has 0 aromatic heterocycles. The van der Waals surface area contributed by atoms with Gasteiger partial charge in [0, 0.05) is 17.1 Å². The molecule has 3 heteroatoms. The summed E-state index contributed by atoms with van der Waals surface area (Å²) in [4.78, 5) is 0. The summed E-state index contributed by atoms with van der Waals surface area (Å²) in [7, 11) is 0. The van der Waals surface area contributed by atoms with Crippen molar-refractivity contribution in [2.45, 2.75) is 6.92 Å². The van der Waals surface area contributed by atoms with Crippen LogP contribution in [-0.4, -0.2) is 13.1 Å². The Morgan fingerprint density at radius 2 is 2.29 bits per heavy atom. The molecule has 0 bridgehead atoms. The zero-order valence-corrected chi connectivity index (χ0v) is 8.81. The first-order chi connectivity index (χ1) is 6.74. The van der Waals surface area contributed by atoms with Crippen LogP contribution in [0.3, 0.4) is 0 Å². The highest BCUT2D eigenvalue weighted by molar-refractivity contribution is 6.30. The molecule has 14 heavy (non-hydrogen) atoms. The summed E-state index contributed by atoms with van der Waals surface area (Å²) in [6.45, 7) is 3.68. The molecule has 1 rings (SSSR count). The van der Waals surface area contributed by atoms with E-state index in [-0.39, 0.29) is 5.82 Å². The minimum atomic E-state index is -0.287. The van der Waals surface area contributed by atoms with Crippen molar-refractivity contribution in [3.8, 4) is 0 Å². The van der Waals surface area contributed by atoms with Crippen LogP contribution in [0.2, 0.25) is 5.02 Å². The number of halogens is 2. The van der Waals surface area contributed by atoms with E-state index < -0.39 is 0 Å². The SMILES string of the molecule is CCNC/C=C/c1ccc(Cl)cc1F. The van der Waals surface area contributed by atoms with Gasteiger partial charge in [0.15, 0.2) is 0 Å². The molecule has 1 nitrogen and oxygen atoms in total. The Kier molecular flexibility index (Phi) is 4.63. The average Bonchev–Trinajstić information content (AvgIpc) is 2.15. The molecule has 0 fully saturated rings. The van der Waals surface area contributed by atoms with Crippen molar-refractivity contribution >= 4 is 17.7 Å². The predicted octanol–water partition coefficient (Wildman–Crippen LogP) is 3.10. The van der Waals surface area contributed by atoms with Crippen LogP contribution in [0.5, 0.6) is 0 Å². The lowest BCUT2D eigenvalue weighted by Crippen LogP contribution is -2.11. The first kappa shape index (κ1) is 11.2. The Labute approximate surface area is 88.6 Å². The largest absolute Gasteiger partial charge is 0.314 e. The molecule has 0 aliphatic heterocycles. The maximum Gasteiger partial charge on any atom is 0.131 e. The van der Waals surface area contributed by atoms with Crippen molar-refractivity contribution in [1.82, 2.24) is 5.32 Å². The van der Waals surface area contributed by atoms with Gasteiger partial charge in [-0.1, -0.05) is 36.7 Å². The van der Waals surface area contributed by atoms with Crippen LogP contribution in [0.25, 0.3) is 6.08 Å². The van der Waals surface area contributed by atoms with Crippen molar-refractivity contribution < 1.29 is 4.39 Å². The second-order valence-corrected chi connectivity index (χ2v) is 3.31. The molecule has 0 aliphatic rings. The first-order valence-corrected chi connectivity index (χ1v) is 4.94. The van der Waals surface area contributed by atoms with E-state index in [0.29, 0.717) is 10.6 Å². The molecule has 0 unspecified atom stereocenters. The summed E-state index contributed by atoms with van der Waals surface area (Å²) in [5.41, 5.74) is 0.562. The smallest absolute Gasteiger partial charge is 0.131 e. The van der Waals surface area contributed by atoms with Gasteiger partial charge in [0.05, 0.1) is 0 Å². The van der Waals surface area contributed by atoms with Gasteiger partial charge in [-0.2, -0.15) is 0 Å². The summed E-state index contributed by atoms with van der Waals surface area (Å²) in [6, 6.07) is 4.66. The second-order valence-electron chi connectivity index (χ2n) is 2.88. The molecule has 0 amide bonds. The van der Waals surface area contributed by atoms with Gasteiger partial charge in [-0.05, 0) is 18.7 Å². The quantitative estimate of drug-likeness (QED) is 0.758. The van der Waals surface area contributed by atoms with Crippen molar-refractivity contribution in [3.05, 3.63) is 40.7 Å². The molecule has 0 radical (unpaired) electrons. The highest BCUT2D eigenvalue weighted by Gasteiger charge is 1.97. The molecule has 0 aliphatic carbocycles. The molecule has 0 atom stereocenters. The highest BCUT2D eigenvalue weighted by atomic mass is 35.5. The Balaban J connectivity index is 2.62. The van der Waals surface area contributed by atoms with E-state index in [2.05, 4.69) is 5.32 Å². The summed E-state index contributed by atoms with van der Waals surface area (Å²) in [5, 5.41) is 3.54. The third-order valence-corrected chi connectivity index (χ3v) is 2.01. The lowest BCUT2D eigenvalue weighted by molar-refractivity contribution is 0.625. The number of rotatable bonds is 4. The Bertz CT molecular complexity index is 323. The van der Waals surface area contributed by atoms with Crippen LogP contribution in [0, 0.1) is 5.82 Å². The topological polar surface area (TPSA) is 12.0 Å². The maximum absolute atomic E-state index is 13.2. The number of benzene rings is 1. The van der Waals surface area contributed by atoms with Gasteiger partial charge < -0.3 is 5.32 Å². The minimum absolute atomic E-state index is 0.287. The molecule has 0 saturated heterocycles. The van der Waals surface area contributed by atoms with Crippen molar-refractivity contribution in [2.75, 3.05) is 13.1 Å². The second kappa shape index (κ2) is 5.78. The number of hydrogen-bond donors (Lipinski definition) is 1. The minimum Gasteiger partial charge on any atom is -0.314 e. The van der Waals surface area contributed by atoms with Crippen molar-refractivity contribution in [2.24, 2.45) is 0 Å². The summed E-state index contributed by atoms with van der Waals surface area (Å²) >= 11 is 5.62. The zero-order valence-electron chi connectivity index (χ0n) is 8.06. The van der Waals surface area contributed by atoms with Gasteiger partial charge in [-0.3, -0.25) is 0 Å². The molecule has 0 heterocycles. The molecule has 1 aromatic rings. The van der Waals surface area contributed by atoms with Crippen LogP contribution < -0.4 is 5.32 Å². The van der Waals surface area contributed by atoms with Crippen molar-refractivity contribution in [1.29, 1.82) is 0 Å². The van der Waals surface area contributed by atoms with Crippen LogP contribution in [-0.2, 0) is 0 Å². The third kappa shape index (κ3) is 3.48. The summed E-state index contributed by atoms with van der Waals surface area (Å²) < 4.78 is 13.2. The molecule has 0 spiro atoms. The van der Waals surface area contributed by atoms with E-state index in [1.165, 1.54) is 6.07 Å².